The Bertz CT molecular complexity index is 874. The number of hydrogen-bond acceptors (Lipinski definition) is 6. The van der Waals surface area contributed by atoms with Gasteiger partial charge in [0.15, 0.2) is 17.0 Å². The second-order valence-corrected chi connectivity index (χ2v) is 6.04. The van der Waals surface area contributed by atoms with E-state index >= 15 is 0 Å². The number of hydrogen-bond donors (Lipinski definition) is 2. The van der Waals surface area contributed by atoms with Crippen LogP contribution in [0.15, 0.2) is 36.9 Å². The highest BCUT2D eigenvalue weighted by atomic mass is 16.3. The van der Waals surface area contributed by atoms with E-state index in [0.717, 1.165) is 12.4 Å². The maximum atomic E-state index is 9.44. The van der Waals surface area contributed by atoms with Gasteiger partial charge in [-0.15, -0.1) is 0 Å². The molecule has 0 amide bonds. The fourth-order valence-electron chi connectivity index (χ4n) is 3.38. The molecule has 1 aliphatic rings. The summed E-state index contributed by atoms with van der Waals surface area (Å²) in [6.07, 6.45) is 3.12. The minimum atomic E-state index is -0.453. The zero-order valence-corrected chi connectivity index (χ0v) is 13.4. The van der Waals surface area contributed by atoms with Crippen LogP contribution in [0.2, 0.25) is 0 Å². The van der Waals surface area contributed by atoms with E-state index in [-0.39, 0.29) is 19.3 Å². The molecule has 4 rings (SSSR count). The van der Waals surface area contributed by atoms with Gasteiger partial charge >= 0.3 is 0 Å². The van der Waals surface area contributed by atoms with E-state index in [0.29, 0.717) is 11.2 Å². The van der Waals surface area contributed by atoms with Crippen molar-refractivity contribution in [2.24, 2.45) is 0 Å². The van der Waals surface area contributed by atoms with Crippen LogP contribution in [-0.2, 0) is 6.54 Å². The van der Waals surface area contributed by atoms with Crippen molar-refractivity contribution in [1.29, 1.82) is 0 Å². The third-order valence-corrected chi connectivity index (χ3v) is 4.74. The molecule has 1 aromatic carbocycles. The molecule has 124 valence electrons. The molecule has 2 N–H and O–H groups in total. The number of aliphatic hydroxyl groups is 2. The fraction of sp³-hybridized carbons (Fsp3) is 0.353. The predicted molar refractivity (Wildman–Crippen MR) is 89.6 cm³/mol. The highest BCUT2D eigenvalue weighted by Crippen LogP contribution is 2.38. The van der Waals surface area contributed by atoms with E-state index in [4.69, 9.17) is 0 Å². The van der Waals surface area contributed by atoms with Gasteiger partial charge in [0, 0.05) is 6.54 Å². The molecule has 2 aromatic heterocycles. The molecule has 0 aliphatic carbocycles. The first kappa shape index (κ1) is 15.0. The van der Waals surface area contributed by atoms with Gasteiger partial charge in [0.1, 0.15) is 6.33 Å². The quantitative estimate of drug-likeness (QED) is 0.754. The molecule has 1 aliphatic heterocycles. The van der Waals surface area contributed by atoms with E-state index < -0.39 is 6.04 Å². The summed E-state index contributed by atoms with van der Waals surface area (Å²) in [5.74, 6) is 0.775. The molecule has 7 heteroatoms. The van der Waals surface area contributed by atoms with E-state index in [1.165, 1.54) is 17.5 Å². The van der Waals surface area contributed by atoms with Crippen molar-refractivity contribution in [3.63, 3.8) is 0 Å². The van der Waals surface area contributed by atoms with Crippen LogP contribution in [0.4, 0.5) is 5.82 Å². The van der Waals surface area contributed by atoms with Crippen LogP contribution in [0.25, 0.3) is 11.2 Å². The van der Waals surface area contributed by atoms with Crippen molar-refractivity contribution in [3.05, 3.63) is 48.0 Å². The topological polar surface area (TPSA) is 87.3 Å². The first-order valence-electron chi connectivity index (χ1n) is 7.98. The lowest BCUT2D eigenvalue weighted by molar-refractivity contribution is 0.156. The standard InChI is InChI=1S/C17H19N5O2/c1-11-14-5-3-2-4-12(14)6-21(11)16-15-17(19-9-18-16)22(10-20-15)13(7-23)8-24/h2-5,9-11,13,23-24H,6-8H2,1H3. The van der Waals surface area contributed by atoms with Crippen molar-refractivity contribution >= 4 is 17.0 Å². The van der Waals surface area contributed by atoms with Crippen LogP contribution in [-0.4, -0.2) is 42.9 Å². The second kappa shape index (κ2) is 5.85. The van der Waals surface area contributed by atoms with Gasteiger partial charge in [-0.3, -0.25) is 0 Å². The summed E-state index contributed by atoms with van der Waals surface area (Å²) in [5.41, 5.74) is 3.90. The van der Waals surface area contributed by atoms with Gasteiger partial charge in [0.2, 0.25) is 0 Å². The lowest BCUT2D eigenvalue weighted by atomic mass is 10.1. The van der Waals surface area contributed by atoms with Crippen LogP contribution in [0, 0.1) is 0 Å². The normalized spacial score (nSPS) is 17.0. The molecule has 24 heavy (non-hydrogen) atoms. The van der Waals surface area contributed by atoms with E-state index in [1.807, 2.05) is 6.07 Å². The Labute approximate surface area is 139 Å². The maximum absolute atomic E-state index is 9.44. The Morgan fingerprint density at radius 2 is 1.96 bits per heavy atom. The van der Waals surface area contributed by atoms with Crippen LogP contribution >= 0.6 is 0 Å². The molecular formula is C17H19N5O2. The van der Waals surface area contributed by atoms with Gasteiger partial charge in [-0.2, -0.15) is 0 Å². The molecule has 1 atom stereocenters. The van der Waals surface area contributed by atoms with Crippen molar-refractivity contribution in [3.8, 4) is 0 Å². The number of aliphatic hydroxyl groups excluding tert-OH is 2. The third-order valence-electron chi connectivity index (χ3n) is 4.74. The Hall–Kier alpha value is -2.51. The van der Waals surface area contributed by atoms with E-state index in [2.05, 4.69) is 45.0 Å². The van der Waals surface area contributed by atoms with Crippen LogP contribution in [0.5, 0.6) is 0 Å². The minimum Gasteiger partial charge on any atom is -0.394 e. The Morgan fingerprint density at radius 3 is 2.71 bits per heavy atom. The van der Waals surface area contributed by atoms with Gasteiger partial charge < -0.3 is 19.7 Å². The lowest BCUT2D eigenvalue weighted by Crippen LogP contribution is -2.21. The molecule has 0 radical (unpaired) electrons. The molecule has 0 bridgehead atoms. The zero-order valence-electron chi connectivity index (χ0n) is 13.4. The van der Waals surface area contributed by atoms with Gasteiger partial charge in [-0.05, 0) is 18.1 Å². The minimum absolute atomic E-state index is 0.174. The molecule has 3 aromatic rings. The first-order chi connectivity index (χ1) is 11.7. The smallest absolute Gasteiger partial charge is 0.165 e. The first-order valence-corrected chi connectivity index (χ1v) is 7.98. The van der Waals surface area contributed by atoms with Gasteiger partial charge in [0.05, 0.1) is 31.6 Å². The molecule has 7 nitrogen and oxygen atoms in total. The van der Waals surface area contributed by atoms with Crippen LogP contribution in [0.3, 0.4) is 0 Å². The van der Waals surface area contributed by atoms with E-state index in [1.54, 1.807) is 10.9 Å². The monoisotopic (exact) mass is 325 g/mol. The Kier molecular flexibility index (Phi) is 3.66. The van der Waals surface area contributed by atoms with Crippen molar-refractivity contribution in [2.45, 2.75) is 25.6 Å². The number of aromatic nitrogens is 4. The summed E-state index contributed by atoms with van der Waals surface area (Å²) in [7, 11) is 0. The number of rotatable bonds is 4. The molecule has 3 heterocycles. The molecule has 1 unspecified atom stereocenters. The maximum Gasteiger partial charge on any atom is 0.165 e. The SMILES string of the molecule is CC1c2ccccc2CN1c1ncnc2c1ncn2C(CO)CO. The highest BCUT2D eigenvalue weighted by molar-refractivity contribution is 5.84. The molecular weight excluding hydrogens is 306 g/mol. The van der Waals surface area contributed by atoms with Gasteiger partial charge in [-0.25, -0.2) is 15.0 Å². The van der Waals surface area contributed by atoms with Gasteiger partial charge in [0.25, 0.3) is 0 Å². The molecule has 0 fully saturated rings. The summed E-state index contributed by atoms with van der Waals surface area (Å²) in [5, 5.41) is 18.9. The van der Waals surface area contributed by atoms with Crippen molar-refractivity contribution in [2.75, 3.05) is 18.1 Å². The summed E-state index contributed by atoms with van der Waals surface area (Å²) in [6.45, 7) is 2.58. The number of nitrogens with zero attached hydrogens (tertiary/aromatic N) is 5. The molecule has 0 saturated carbocycles. The van der Waals surface area contributed by atoms with Gasteiger partial charge in [-0.1, -0.05) is 24.3 Å². The second-order valence-electron chi connectivity index (χ2n) is 6.04. The largest absolute Gasteiger partial charge is 0.394 e. The Balaban J connectivity index is 1.79. The van der Waals surface area contributed by atoms with Crippen LogP contribution in [0.1, 0.15) is 30.1 Å². The third kappa shape index (κ3) is 2.16. The number of imidazole rings is 1. The van der Waals surface area contributed by atoms with E-state index in [9.17, 15) is 10.2 Å². The van der Waals surface area contributed by atoms with Crippen molar-refractivity contribution < 1.29 is 10.2 Å². The van der Waals surface area contributed by atoms with Crippen molar-refractivity contribution in [1.82, 2.24) is 19.5 Å². The van der Waals surface area contributed by atoms with Crippen LogP contribution < -0.4 is 4.90 Å². The summed E-state index contributed by atoms with van der Waals surface area (Å²) in [6, 6.07) is 8.13. The lowest BCUT2D eigenvalue weighted by Gasteiger charge is -2.23. The summed E-state index contributed by atoms with van der Waals surface area (Å²) in [4.78, 5) is 15.4. The summed E-state index contributed by atoms with van der Waals surface area (Å²) >= 11 is 0. The number of fused-ring (bicyclic) bond motifs is 2. The average molecular weight is 325 g/mol. The number of anilines is 1. The predicted octanol–water partition coefficient (Wildman–Crippen LogP) is 1.43. The average Bonchev–Trinajstić information content (AvgIpc) is 3.19. The zero-order chi connectivity index (χ0) is 16.7. The Morgan fingerprint density at radius 1 is 1.17 bits per heavy atom. The summed E-state index contributed by atoms with van der Waals surface area (Å²) < 4.78 is 1.70. The molecule has 0 spiro atoms. The molecule has 0 saturated heterocycles. The number of benzene rings is 1. The highest BCUT2D eigenvalue weighted by Gasteiger charge is 2.29. The fourth-order valence-corrected chi connectivity index (χ4v) is 3.38.